The maximum atomic E-state index is 4.27. The van der Waals surface area contributed by atoms with Gasteiger partial charge in [0.25, 0.3) is 0 Å². The predicted molar refractivity (Wildman–Crippen MR) is 78.5 cm³/mol. The van der Waals surface area contributed by atoms with Crippen LogP contribution < -0.4 is 10.6 Å². The topological polar surface area (TPSA) is 53.1 Å². The normalized spacial score (nSPS) is 20.7. The third-order valence-corrected chi connectivity index (χ3v) is 3.29. The van der Waals surface area contributed by atoms with Gasteiger partial charge in [0.2, 0.25) is 0 Å². The van der Waals surface area contributed by atoms with Gasteiger partial charge < -0.3 is 15.5 Å². The van der Waals surface area contributed by atoms with E-state index in [2.05, 4.69) is 45.2 Å². The summed E-state index contributed by atoms with van der Waals surface area (Å²) in [5, 5.41) is 6.68. The zero-order valence-corrected chi connectivity index (χ0v) is 11.7. The van der Waals surface area contributed by atoms with E-state index in [0.717, 1.165) is 30.5 Å². The fourth-order valence-corrected chi connectivity index (χ4v) is 2.32. The van der Waals surface area contributed by atoms with Gasteiger partial charge in [0, 0.05) is 31.0 Å². The van der Waals surface area contributed by atoms with Crippen LogP contribution in [-0.2, 0) is 0 Å². The Morgan fingerprint density at radius 2 is 2.28 bits per heavy atom. The maximum absolute atomic E-state index is 4.27. The molecule has 6 heteroatoms. The molecule has 1 saturated heterocycles. The Labute approximate surface area is 114 Å². The number of aromatic nitrogens is 2. The van der Waals surface area contributed by atoms with E-state index >= 15 is 0 Å². The SMILES string of the molecule is CN1CCCC(Nc2cc(NCCS)ncn2)C1. The van der Waals surface area contributed by atoms with Crippen molar-refractivity contribution in [3.63, 3.8) is 0 Å². The first-order valence-corrected chi connectivity index (χ1v) is 7.03. The largest absolute Gasteiger partial charge is 0.369 e. The van der Waals surface area contributed by atoms with Gasteiger partial charge in [-0.05, 0) is 26.4 Å². The highest BCUT2D eigenvalue weighted by atomic mass is 32.1. The van der Waals surface area contributed by atoms with E-state index in [-0.39, 0.29) is 0 Å². The highest BCUT2D eigenvalue weighted by molar-refractivity contribution is 7.80. The van der Waals surface area contributed by atoms with E-state index in [4.69, 9.17) is 0 Å². The number of nitrogens with one attached hydrogen (secondary N) is 2. The van der Waals surface area contributed by atoms with Crippen LogP contribution in [0.4, 0.5) is 11.6 Å². The summed E-state index contributed by atoms with van der Waals surface area (Å²) >= 11 is 4.17. The molecule has 2 rings (SSSR count). The Kier molecular flexibility index (Phi) is 5.07. The van der Waals surface area contributed by atoms with E-state index < -0.39 is 0 Å². The van der Waals surface area contributed by atoms with Gasteiger partial charge in [-0.2, -0.15) is 12.6 Å². The first-order chi connectivity index (χ1) is 8.78. The average molecular weight is 267 g/mol. The lowest BCUT2D eigenvalue weighted by Gasteiger charge is -2.30. The van der Waals surface area contributed by atoms with Crippen molar-refractivity contribution in [3.8, 4) is 0 Å². The molecule has 2 N–H and O–H groups in total. The Hall–Kier alpha value is -1.01. The third-order valence-electron chi connectivity index (χ3n) is 3.06. The highest BCUT2D eigenvalue weighted by Gasteiger charge is 2.17. The lowest BCUT2D eigenvalue weighted by molar-refractivity contribution is 0.261. The standard InChI is InChI=1S/C12H21N5S/c1-17-5-2-3-10(8-17)16-12-7-11(13-4-6-18)14-9-15-12/h7,9-10,18H,2-6,8H2,1H3,(H2,13,14,15,16). The van der Waals surface area contributed by atoms with Crippen LogP contribution in [0, 0.1) is 0 Å². The molecule has 0 aromatic carbocycles. The number of rotatable bonds is 5. The van der Waals surface area contributed by atoms with Crippen molar-refractivity contribution in [1.29, 1.82) is 0 Å². The zero-order valence-electron chi connectivity index (χ0n) is 10.8. The lowest BCUT2D eigenvalue weighted by Crippen LogP contribution is -2.39. The quantitative estimate of drug-likeness (QED) is 0.703. The summed E-state index contributed by atoms with van der Waals surface area (Å²) < 4.78 is 0. The summed E-state index contributed by atoms with van der Waals surface area (Å²) in [4.78, 5) is 10.8. The summed E-state index contributed by atoms with van der Waals surface area (Å²) in [6.45, 7) is 3.08. The Morgan fingerprint density at radius 3 is 3.06 bits per heavy atom. The number of thiol groups is 1. The summed E-state index contributed by atoms with van der Waals surface area (Å²) in [7, 11) is 2.16. The number of hydrogen-bond acceptors (Lipinski definition) is 6. The van der Waals surface area contributed by atoms with E-state index in [9.17, 15) is 0 Å². The molecule has 1 fully saturated rings. The molecule has 100 valence electrons. The lowest BCUT2D eigenvalue weighted by atomic mass is 10.1. The summed E-state index contributed by atoms with van der Waals surface area (Å²) in [5.41, 5.74) is 0. The second-order valence-corrected chi connectivity index (χ2v) is 5.13. The average Bonchev–Trinajstić information content (AvgIpc) is 2.37. The Bertz CT molecular complexity index is 373. The first kappa shape index (κ1) is 13.4. The van der Waals surface area contributed by atoms with Crippen molar-refractivity contribution in [2.75, 3.05) is 43.1 Å². The van der Waals surface area contributed by atoms with E-state index in [1.165, 1.54) is 19.4 Å². The second kappa shape index (κ2) is 6.80. The van der Waals surface area contributed by atoms with Crippen LogP contribution in [-0.4, -0.2) is 53.3 Å². The van der Waals surface area contributed by atoms with Crippen molar-refractivity contribution in [3.05, 3.63) is 12.4 Å². The molecule has 0 saturated carbocycles. The number of piperidine rings is 1. The van der Waals surface area contributed by atoms with Gasteiger partial charge in [0.05, 0.1) is 0 Å². The van der Waals surface area contributed by atoms with Gasteiger partial charge in [-0.1, -0.05) is 0 Å². The molecule has 18 heavy (non-hydrogen) atoms. The predicted octanol–water partition coefficient (Wildman–Crippen LogP) is 1.32. The monoisotopic (exact) mass is 267 g/mol. The summed E-state index contributed by atoms with van der Waals surface area (Å²) in [5.74, 6) is 2.54. The molecule has 1 aliphatic heterocycles. The molecule has 5 nitrogen and oxygen atoms in total. The van der Waals surface area contributed by atoms with Crippen LogP contribution in [0.2, 0.25) is 0 Å². The first-order valence-electron chi connectivity index (χ1n) is 6.40. The van der Waals surface area contributed by atoms with E-state index in [1.807, 2.05) is 6.07 Å². The molecule has 1 aromatic rings. The fraction of sp³-hybridized carbons (Fsp3) is 0.667. The van der Waals surface area contributed by atoms with Crippen LogP contribution in [0.25, 0.3) is 0 Å². The van der Waals surface area contributed by atoms with Gasteiger partial charge in [0.1, 0.15) is 18.0 Å². The minimum absolute atomic E-state index is 0.483. The molecule has 0 bridgehead atoms. The molecule has 0 spiro atoms. The molecule has 1 atom stereocenters. The summed E-state index contributed by atoms with van der Waals surface area (Å²) in [6, 6.07) is 2.44. The number of likely N-dealkylation sites (N-methyl/N-ethyl adjacent to an activating group) is 1. The van der Waals surface area contributed by atoms with Crippen LogP contribution in [0.15, 0.2) is 12.4 Å². The molecule has 0 radical (unpaired) electrons. The zero-order chi connectivity index (χ0) is 12.8. The fourth-order valence-electron chi connectivity index (χ4n) is 2.21. The van der Waals surface area contributed by atoms with Gasteiger partial charge >= 0.3 is 0 Å². The van der Waals surface area contributed by atoms with Crippen molar-refractivity contribution < 1.29 is 0 Å². The molecular weight excluding hydrogens is 246 g/mol. The Balaban J connectivity index is 1.91. The van der Waals surface area contributed by atoms with Gasteiger partial charge in [0.15, 0.2) is 0 Å². The van der Waals surface area contributed by atoms with Crippen molar-refractivity contribution in [1.82, 2.24) is 14.9 Å². The molecule has 0 aliphatic carbocycles. The minimum Gasteiger partial charge on any atom is -0.369 e. The van der Waals surface area contributed by atoms with Crippen molar-refractivity contribution >= 4 is 24.3 Å². The van der Waals surface area contributed by atoms with Crippen molar-refractivity contribution in [2.24, 2.45) is 0 Å². The van der Waals surface area contributed by atoms with Crippen LogP contribution in [0.1, 0.15) is 12.8 Å². The van der Waals surface area contributed by atoms with Gasteiger partial charge in [-0.15, -0.1) is 0 Å². The van der Waals surface area contributed by atoms with Crippen LogP contribution >= 0.6 is 12.6 Å². The number of anilines is 2. The molecular formula is C12H21N5S. The molecule has 1 aliphatic rings. The van der Waals surface area contributed by atoms with Gasteiger partial charge in [-0.25, -0.2) is 9.97 Å². The molecule has 1 aromatic heterocycles. The minimum atomic E-state index is 0.483. The van der Waals surface area contributed by atoms with Crippen LogP contribution in [0.5, 0.6) is 0 Å². The number of likely N-dealkylation sites (tertiary alicyclic amines) is 1. The molecule has 1 unspecified atom stereocenters. The number of hydrogen-bond donors (Lipinski definition) is 3. The molecule has 2 heterocycles. The second-order valence-electron chi connectivity index (χ2n) is 4.68. The number of nitrogens with zero attached hydrogens (tertiary/aromatic N) is 3. The highest BCUT2D eigenvalue weighted by Crippen LogP contribution is 2.15. The Morgan fingerprint density at radius 1 is 1.44 bits per heavy atom. The smallest absolute Gasteiger partial charge is 0.131 e. The van der Waals surface area contributed by atoms with E-state index in [1.54, 1.807) is 6.33 Å². The van der Waals surface area contributed by atoms with Crippen molar-refractivity contribution in [2.45, 2.75) is 18.9 Å². The van der Waals surface area contributed by atoms with Crippen LogP contribution in [0.3, 0.4) is 0 Å². The maximum Gasteiger partial charge on any atom is 0.131 e. The third kappa shape index (κ3) is 4.03. The molecule has 0 amide bonds. The van der Waals surface area contributed by atoms with E-state index in [0.29, 0.717) is 6.04 Å². The summed E-state index contributed by atoms with van der Waals surface area (Å²) in [6.07, 6.45) is 4.04. The van der Waals surface area contributed by atoms with Gasteiger partial charge in [-0.3, -0.25) is 0 Å².